The Morgan fingerprint density at radius 3 is 2.76 bits per heavy atom. The summed E-state index contributed by atoms with van der Waals surface area (Å²) < 4.78 is 5.86. The highest BCUT2D eigenvalue weighted by atomic mass is 32.1. The van der Waals surface area contributed by atoms with Crippen molar-refractivity contribution >= 4 is 23.0 Å². The number of benzene rings is 1. The van der Waals surface area contributed by atoms with Crippen molar-refractivity contribution in [1.82, 2.24) is 4.90 Å². The van der Waals surface area contributed by atoms with E-state index in [1.54, 1.807) is 17.0 Å². The Morgan fingerprint density at radius 1 is 1.28 bits per heavy atom. The van der Waals surface area contributed by atoms with Crippen LogP contribution in [0.3, 0.4) is 0 Å². The molecule has 6 heteroatoms. The van der Waals surface area contributed by atoms with Crippen LogP contribution in [0.25, 0.3) is 0 Å². The second-order valence-electron chi connectivity index (χ2n) is 6.81. The molecule has 1 aromatic heterocycles. The molecule has 0 radical (unpaired) electrons. The van der Waals surface area contributed by atoms with Crippen molar-refractivity contribution < 1.29 is 19.4 Å². The summed E-state index contributed by atoms with van der Waals surface area (Å²) in [6.45, 7) is 2.87. The summed E-state index contributed by atoms with van der Waals surface area (Å²) in [7, 11) is 0. The minimum atomic E-state index is -0.468. The molecule has 2 aromatic rings. The molecule has 0 unspecified atom stereocenters. The third kappa shape index (κ3) is 2.56. The number of para-hydroxylation sites is 1. The van der Waals surface area contributed by atoms with E-state index in [1.165, 1.54) is 18.3 Å². The first-order valence-electron chi connectivity index (χ1n) is 8.27. The van der Waals surface area contributed by atoms with E-state index in [4.69, 9.17) is 4.74 Å². The number of carbonyl (C=O) groups is 2. The van der Waals surface area contributed by atoms with Crippen LogP contribution in [0.4, 0.5) is 0 Å². The third-order valence-electron chi connectivity index (χ3n) is 5.22. The van der Waals surface area contributed by atoms with Gasteiger partial charge in [0.1, 0.15) is 5.75 Å². The lowest BCUT2D eigenvalue weighted by Gasteiger charge is -2.37. The van der Waals surface area contributed by atoms with E-state index in [1.807, 2.05) is 24.3 Å². The fourth-order valence-corrected chi connectivity index (χ4v) is 4.69. The topological polar surface area (TPSA) is 66.8 Å². The number of rotatable bonds is 3. The summed E-state index contributed by atoms with van der Waals surface area (Å²) >= 11 is 1.23. The molecule has 1 aromatic carbocycles. The lowest BCUT2D eigenvalue weighted by molar-refractivity contribution is 0.0441. The summed E-state index contributed by atoms with van der Waals surface area (Å²) in [6, 6.07) is 11.2. The van der Waals surface area contributed by atoms with Crippen LogP contribution < -0.4 is 4.74 Å². The summed E-state index contributed by atoms with van der Waals surface area (Å²) in [5, 5.41) is 10.1. The van der Waals surface area contributed by atoms with Gasteiger partial charge in [0.05, 0.1) is 28.4 Å². The zero-order valence-corrected chi connectivity index (χ0v) is 14.7. The van der Waals surface area contributed by atoms with Crippen LogP contribution in [-0.4, -0.2) is 48.0 Å². The number of thiophene rings is 1. The maximum absolute atomic E-state index is 12.9. The van der Waals surface area contributed by atoms with Crippen molar-refractivity contribution in [2.24, 2.45) is 5.41 Å². The molecule has 4 rings (SSSR count). The van der Waals surface area contributed by atoms with Crippen molar-refractivity contribution in [3.05, 3.63) is 51.7 Å². The van der Waals surface area contributed by atoms with Crippen molar-refractivity contribution in [2.45, 2.75) is 12.8 Å². The van der Waals surface area contributed by atoms with E-state index in [0.717, 1.165) is 11.3 Å². The number of carbonyl (C=O) groups excluding carboxylic acids is 2. The lowest BCUT2D eigenvalue weighted by Crippen LogP contribution is -2.42. The van der Waals surface area contributed by atoms with E-state index < -0.39 is 5.41 Å². The molecule has 2 aliphatic rings. The normalized spacial score (nSPS) is 24.4. The van der Waals surface area contributed by atoms with Gasteiger partial charge in [-0.25, -0.2) is 0 Å². The molecule has 2 aliphatic heterocycles. The van der Waals surface area contributed by atoms with Gasteiger partial charge >= 0.3 is 0 Å². The van der Waals surface area contributed by atoms with Crippen LogP contribution in [0.1, 0.15) is 37.7 Å². The van der Waals surface area contributed by atoms with Gasteiger partial charge in [0, 0.05) is 19.0 Å². The van der Waals surface area contributed by atoms with Gasteiger partial charge in [-0.2, -0.15) is 0 Å². The number of nitrogens with zero attached hydrogens (tertiary/aromatic N) is 1. The molecule has 1 amide bonds. The molecular formula is C19H19NO4S. The highest BCUT2D eigenvalue weighted by Crippen LogP contribution is 2.49. The summed E-state index contributed by atoms with van der Waals surface area (Å²) in [4.78, 5) is 27.3. The predicted octanol–water partition coefficient (Wildman–Crippen LogP) is 2.56. The molecular weight excluding hydrogens is 338 g/mol. The van der Waals surface area contributed by atoms with Crippen molar-refractivity contribution in [1.29, 1.82) is 0 Å². The minimum Gasteiger partial charge on any atom is -0.493 e. The number of Topliss-reactive ketones (excluding diaryl/α,β-unsaturated/α-hetero) is 1. The lowest BCUT2D eigenvalue weighted by atomic mass is 9.74. The van der Waals surface area contributed by atoms with E-state index in [-0.39, 0.29) is 24.2 Å². The molecule has 0 spiro atoms. The third-order valence-corrected chi connectivity index (χ3v) is 6.40. The number of fused-ring (bicyclic) bond motifs is 3. The number of hydrogen-bond acceptors (Lipinski definition) is 5. The van der Waals surface area contributed by atoms with E-state index in [9.17, 15) is 14.7 Å². The standard InChI is InChI=1S/C19H19NO4S/c1-12(22)16-6-7-17(25-16)18(23)20-8-14-13-4-2-3-5-15(13)24-11-19(14,9-20)10-21/h2-7,14,21H,8-11H2,1H3/t14-,19-/m1/s1. The summed E-state index contributed by atoms with van der Waals surface area (Å²) in [5.74, 6) is 0.769. The fraction of sp³-hybridized carbons (Fsp3) is 0.368. The first-order chi connectivity index (χ1) is 12.0. The Morgan fingerprint density at radius 2 is 2.04 bits per heavy atom. The first-order valence-corrected chi connectivity index (χ1v) is 9.08. The van der Waals surface area contributed by atoms with E-state index >= 15 is 0 Å². The molecule has 1 fully saturated rings. The number of ether oxygens (including phenoxy) is 1. The average molecular weight is 357 g/mol. The van der Waals surface area contributed by atoms with Crippen LogP contribution in [-0.2, 0) is 0 Å². The van der Waals surface area contributed by atoms with Crippen molar-refractivity contribution in [2.75, 3.05) is 26.3 Å². The van der Waals surface area contributed by atoms with Crippen LogP contribution in [0.15, 0.2) is 36.4 Å². The van der Waals surface area contributed by atoms with Crippen LogP contribution in [0, 0.1) is 5.41 Å². The molecule has 3 heterocycles. The number of ketones is 1. The Bertz CT molecular complexity index is 845. The molecule has 0 bridgehead atoms. The number of aliphatic hydroxyl groups is 1. The van der Waals surface area contributed by atoms with Gasteiger partial charge < -0.3 is 14.7 Å². The number of hydrogen-bond donors (Lipinski definition) is 1. The largest absolute Gasteiger partial charge is 0.493 e. The first kappa shape index (κ1) is 16.3. The fourth-order valence-electron chi connectivity index (χ4n) is 3.82. The van der Waals surface area contributed by atoms with Gasteiger partial charge in [-0.15, -0.1) is 11.3 Å². The van der Waals surface area contributed by atoms with Gasteiger partial charge in [-0.1, -0.05) is 18.2 Å². The zero-order chi connectivity index (χ0) is 17.6. The van der Waals surface area contributed by atoms with Crippen LogP contribution in [0.2, 0.25) is 0 Å². The Labute approximate surface area is 149 Å². The molecule has 2 atom stereocenters. The highest BCUT2D eigenvalue weighted by Gasteiger charge is 2.52. The number of amides is 1. The predicted molar refractivity (Wildman–Crippen MR) is 94.4 cm³/mol. The average Bonchev–Trinajstić information content (AvgIpc) is 3.26. The number of likely N-dealkylation sites (tertiary alicyclic amines) is 1. The molecule has 0 saturated carbocycles. The minimum absolute atomic E-state index is 0.0289. The molecule has 1 N–H and O–H groups in total. The molecule has 1 saturated heterocycles. The Hall–Kier alpha value is -2.18. The molecule has 130 valence electrons. The molecule has 25 heavy (non-hydrogen) atoms. The van der Waals surface area contributed by atoms with Gasteiger partial charge in [0.25, 0.3) is 5.91 Å². The van der Waals surface area contributed by atoms with Gasteiger partial charge in [-0.05, 0) is 30.7 Å². The second kappa shape index (κ2) is 5.97. The van der Waals surface area contributed by atoms with E-state index in [0.29, 0.717) is 29.5 Å². The smallest absolute Gasteiger partial charge is 0.263 e. The molecule has 5 nitrogen and oxygen atoms in total. The van der Waals surface area contributed by atoms with Crippen LogP contribution >= 0.6 is 11.3 Å². The zero-order valence-electron chi connectivity index (χ0n) is 13.9. The monoisotopic (exact) mass is 357 g/mol. The van der Waals surface area contributed by atoms with Gasteiger partial charge in [0.15, 0.2) is 5.78 Å². The second-order valence-corrected chi connectivity index (χ2v) is 7.89. The van der Waals surface area contributed by atoms with Crippen LogP contribution in [0.5, 0.6) is 5.75 Å². The summed E-state index contributed by atoms with van der Waals surface area (Å²) in [6.07, 6.45) is 0. The Balaban J connectivity index is 1.64. The quantitative estimate of drug-likeness (QED) is 0.858. The van der Waals surface area contributed by atoms with Crippen molar-refractivity contribution in [3.8, 4) is 5.75 Å². The number of aliphatic hydroxyl groups excluding tert-OH is 1. The van der Waals surface area contributed by atoms with Gasteiger partial charge in [0.2, 0.25) is 0 Å². The maximum atomic E-state index is 12.9. The highest BCUT2D eigenvalue weighted by molar-refractivity contribution is 7.15. The van der Waals surface area contributed by atoms with E-state index in [2.05, 4.69) is 0 Å². The summed E-state index contributed by atoms with van der Waals surface area (Å²) in [5.41, 5.74) is 0.582. The van der Waals surface area contributed by atoms with Gasteiger partial charge in [-0.3, -0.25) is 9.59 Å². The Kier molecular flexibility index (Phi) is 3.89. The maximum Gasteiger partial charge on any atom is 0.263 e. The SMILES string of the molecule is CC(=O)c1ccc(C(=O)N2C[C@@H]3c4ccccc4OC[C@]3(CO)C2)s1. The molecule has 0 aliphatic carbocycles. The van der Waals surface area contributed by atoms with Crippen molar-refractivity contribution in [3.63, 3.8) is 0 Å².